The van der Waals surface area contributed by atoms with Crippen molar-refractivity contribution < 1.29 is 45.0 Å². The Hall–Kier alpha value is -4.78. The first kappa shape index (κ1) is 38.9. The van der Waals surface area contributed by atoms with Crippen LogP contribution in [0.3, 0.4) is 0 Å². The summed E-state index contributed by atoms with van der Waals surface area (Å²) in [6, 6.07) is 21.8. The topological polar surface area (TPSA) is 192 Å². The Kier molecular flexibility index (Phi) is 12.4. The summed E-state index contributed by atoms with van der Waals surface area (Å²) >= 11 is 0. The minimum absolute atomic E-state index is 0.0290. The third-order valence-electron chi connectivity index (χ3n) is 8.94. The van der Waals surface area contributed by atoms with Gasteiger partial charge in [0.2, 0.25) is 0 Å². The van der Waals surface area contributed by atoms with Crippen LogP contribution in [0.1, 0.15) is 43.0 Å². The number of ether oxygens (including phenoxy) is 2. The molecule has 2 aliphatic rings. The second-order valence-electron chi connectivity index (χ2n) is 12.9. The van der Waals surface area contributed by atoms with E-state index < -0.39 is 41.8 Å². The number of benzene rings is 4. The van der Waals surface area contributed by atoms with Gasteiger partial charge in [-0.05, 0) is 70.8 Å². The molecule has 2 aliphatic heterocycles. The molecule has 2 fully saturated rings. The lowest BCUT2D eigenvalue weighted by Crippen LogP contribution is -2.35. The summed E-state index contributed by atoms with van der Waals surface area (Å²) in [6.07, 6.45) is 2.48. The quantitative estimate of drug-likeness (QED) is 0.116. The molecule has 0 saturated carbocycles. The van der Waals surface area contributed by atoms with Crippen molar-refractivity contribution in [1.82, 2.24) is 9.80 Å². The second kappa shape index (κ2) is 17.1. The van der Waals surface area contributed by atoms with Crippen LogP contribution in [-0.2, 0) is 42.8 Å². The van der Waals surface area contributed by atoms with Crippen molar-refractivity contribution in [3.63, 3.8) is 0 Å². The standard InChI is InChI=1S/C38H40N4O10S2/c43-37(31-5-1-3-27(21-31)25-41-13-17-51-18-14-41)39-33-11-9-29(35(23-33)53(45,46)47)7-8-30-10-12-34(24-36(30)54(48,49)50)40-38(44)32-6-2-4-28(22-32)26-42-15-19-52-20-16-42/h1-12,21-24H,13-20,25-26H2,(H,39,43)(H,40,44)(H,45,46,47)(H,48,49,50)/b8-7+. The van der Waals surface area contributed by atoms with E-state index in [1.165, 1.54) is 36.4 Å². The number of anilines is 2. The molecule has 0 radical (unpaired) electrons. The Labute approximate surface area is 313 Å². The number of nitrogens with one attached hydrogen (secondary N) is 2. The molecule has 4 aromatic rings. The smallest absolute Gasteiger partial charge is 0.295 e. The van der Waals surface area contributed by atoms with Gasteiger partial charge < -0.3 is 20.1 Å². The van der Waals surface area contributed by atoms with Crippen LogP contribution in [0.15, 0.2) is 94.7 Å². The van der Waals surface area contributed by atoms with E-state index in [1.807, 2.05) is 12.1 Å². The molecular weight excluding hydrogens is 737 g/mol. The molecule has 16 heteroatoms. The molecule has 0 aliphatic carbocycles. The van der Waals surface area contributed by atoms with Crippen LogP contribution < -0.4 is 10.6 Å². The summed E-state index contributed by atoms with van der Waals surface area (Å²) < 4.78 is 80.6. The minimum Gasteiger partial charge on any atom is -0.379 e. The summed E-state index contributed by atoms with van der Waals surface area (Å²) in [5, 5.41) is 5.32. The van der Waals surface area contributed by atoms with Crippen LogP contribution in [0.2, 0.25) is 0 Å². The van der Waals surface area contributed by atoms with Crippen molar-refractivity contribution in [2.45, 2.75) is 22.9 Å². The molecule has 54 heavy (non-hydrogen) atoms. The highest BCUT2D eigenvalue weighted by Gasteiger charge is 2.20. The molecule has 0 aromatic heterocycles. The number of amides is 2. The zero-order valence-corrected chi connectivity index (χ0v) is 30.8. The summed E-state index contributed by atoms with van der Waals surface area (Å²) in [5.74, 6) is -0.983. The summed E-state index contributed by atoms with van der Waals surface area (Å²) in [6.45, 7) is 6.96. The van der Waals surface area contributed by atoms with E-state index >= 15 is 0 Å². The first-order valence-electron chi connectivity index (χ1n) is 17.1. The Balaban J connectivity index is 1.17. The van der Waals surface area contributed by atoms with Gasteiger partial charge in [-0.1, -0.05) is 48.6 Å². The van der Waals surface area contributed by atoms with Gasteiger partial charge in [0.05, 0.1) is 26.4 Å². The highest BCUT2D eigenvalue weighted by molar-refractivity contribution is 7.86. The van der Waals surface area contributed by atoms with Gasteiger partial charge in [0.15, 0.2) is 0 Å². The molecule has 2 saturated heterocycles. The van der Waals surface area contributed by atoms with Crippen LogP contribution in [0, 0.1) is 0 Å². The van der Waals surface area contributed by atoms with Crippen molar-refractivity contribution >= 4 is 55.6 Å². The number of hydrogen-bond donors (Lipinski definition) is 4. The van der Waals surface area contributed by atoms with E-state index in [0.29, 0.717) is 50.6 Å². The maximum Gasteiger partial charge on any atom is 0.295 e. The van der Waals surface area contributed by atoms with Crippen molar-refractivity contribution in [2.24, 2.45) is 0 Å². The molecule has 2 heterocycles. The number of carbonyl (C=O) groups excluding carboxylic acids is 2. The Morgan fingerprint density at radius 2 is 0.981 bits per heavy atom. The Morgan fingerprint density at radius 1 is 0.593 bits per heavy atom. The zero-order valence-electron chi connectivity index (χ0n) is 29.2. The summed E-state index contributed by atoms with van der Waals surface area (Å²) in [4.78, 5) is 29.6. The van der Waals surface area contributed by atoms with Crippen LogP contribution in [-0.4, -0.2) is 100 Å². The summed E-state index contributed by atoms with van der Waals surface area (Å²) in [5.41, 5.74) is 2.68. The van der Waals surface area contributed by atoms with Crippen molar-refractivity contribution in [2.75, 3.05) is 63.2 Å². The van der Waals surface area contributed by atoms with Crippen molar-refractivity contribution in [3.05, 3.63) is 118 Å². The fourth-order valence-electron chi connectivity index (χ4n) is 6.19. The van der Waals surface area contributed by atoms with E-state index in [4.69, 9.17) is 9.47 Å². The first-order chi connectivity index (χ1) is 25.8. The van der Waals surface area contributed by atoms with E-state index in [0.717, 1.165) is 49.4 Å². The lowest BCUT2D eigenvalue weighted by molar-refractivity contribution is 0.0341. The SMILES string of the molecule is O=C(Nc1ccc(/C=C/c2ccc(NC(=O)c3cccc(CN4CCOCC4)c3)cc2S(=O)(=O)O)c(S(=O)(=O)O)c1)c1cccc(CN2CCOCC2)c1. The number of carbonyl (C=O) groups is 2. The van der Waals surface area contributed by atoms with Gasteiger partial charge in [0.25, 0.3) is 32.1 Å². The number of nitrogens with zero attached hydrogens (tertiary/aromatic N) is 2. The molecule has 4 N–H and O–H groups in total. The lowest BCUT2D eigenvalue weighted by Gasteiger charge is -2.26. The van der Waals surface area contributed by atoms with Crippen molar-refractivity contribution in [1.29, 1.82) is 0 Å². The van der Waals surface area contributed by atoms with E-state index in [2.05, 4.69) is 20.4 Å². The molecular formula is C38H40N4O10S2. The lowest BCUT2D eigenvalue weighted by atomic mass is 10.1. The van der Waals surface area contributed by atoms with E-state index in [1.54, 1.807) is 36.4 Å². The zero-order chi connectivity index (χ0) is 38.3. The molecule has 6 rings (SSSR count). The van der Waals surface area contributed by atoms with E-state index in [9.17, 15) is 35.5 Å². The number of morpholine rings is 2. The Morgan fingerprint density at radius 3 is 1.35 bits per heavy atom. The fourth-order valence-corrected chi connectivity index (χ4v) is 7.61. The van der Waals surface area contributed by atoms with Crippen LogP contribution in [0.25, 0.3) is 12.2 Å². The molecule has 2 amide bonds. The summed E-state index contributed by atoms with van der Waals surface area (Å²) in [7, 11) is -9.64. The average Bonchev–Trinajstić information content (AvgIpc) is 3.15. The predicted molar refractivity (Wildman–Crippen MR) is 202 cm³/mol. The van der Waals surface area contributed by atoms with Gasteiger partial charge in [-0.15, -0.1) is 0 Å². The maximum absolute atomic E-state index is 13.1. The normalized spacial score (nSPS) is 16.0. The third-order valence-corrected chi connectivity index (χ3v) is 10.8. The largest absolute Gasteiger partial charge is 0.379 e. The number of hydrogen-bond acceptors (Lipinski definition) is 10. The van der Waals surface area contributed by atoms with E-state index in [-0.39, 0.29) is 22.5 Å². The van der Waals surface area contributed by atoms with Gasteiger partial charge >= 0.3 is 0 Å². The van der Waals surface area contributed by atoms with Gasteiger partial charge in [-0.2, -0.15) is 16.8 Å². The molecule has 0 spiro atoms. The number of rotatable bonds is 12. The fraction of sp³-hybridized carbons (Fsp3) is 0.263. The average molecular weight is 777 g/mol. The maximum atomic E-state index is 13.1. The highest BCUT2D eigenvalue weighted by Crippen LogP contribution is 2.27. The molecule has 14 nitrogen and oxygen atoms in total. The highest BCUT2D eigenvalue weighted by atomic mass is 32.2. The van der Waals surface area contributed by atoms with Gasteiger partial charge in [0, 0.05) is 61.8 Å². The molecule has 0 unspecified atom stereocenters. The van der Waals surface area contributed by atoms with Crippen molar-refractivity contribution in [3.8, 4) is 0 Å². The van der Waals surface area contributed by atoms with Crippen LogP contribution in [0.4, 0.5) is 11.4 Å². The van der Waals surface area contributed by atoms with Crippen LogP contribution >= 0.6 is 0 Å². The monoisotopic (exact) mass is 776 g/mol. The first-order valence-corrected chi connectivity index (χ1v) is 20.0. The van der Waals surface area contributed by atoms with Crippen LogP contribution in [0.5, 0.6) is 0 Å². The van der Waals surface area contributed by atoms with Gasteiger partial charge in [-0.25, -0.2) is 0 Å². The molecule has 4 aromatic carbocycles. The minimum atomic E-state index is -4.82. The molecule has 284 valence electrons. The third kappa shape index (κ3) is 10.5. The second-order valence-corrected chi connectivity index (χ2v) is 15.7. The predicted octanol–water partition coefficient (Wildman–Crippen LogP) is 4.52. The molecule has 0 atom stereocenters. The Bertz CT molecular complexity index is 2110. The van der Waals surface area contributed by atoms with Gasteiger partial charge in [0.1, 0.15) is 9.79 Å². The van der Waals surface area contributed by atoms with Gasteiger partial charge in [-0.3, -0.25) is 28.5 Å². The molecule has 0 bridgehead atoms.